The minimum atomic E-state index is -0.488. The van der Waals surface area contributed by atoms with Crippen molar-refractivity contribution in [1.82, 2.24) is 0 Å². The van der Waals surface area contributed by atoms with Crippen molar-refractivity contribution in [3.63, 3.8) is 0 Å². The predicted octanol–water partition coefficient (Wildman–Crippen LogP) is 2.73. The Hall–Kier alpha value is 0.0700. The molecule has 0 aromatic rings. The molecule has 0 unspecified atom stereocenters. The Kier molecular flexibility index (Phi) is 1.11. The van der Waals surface area contributed by atoms with Crippen LogP contribution in [0.25, 0.3) is 0 Å². The largest absolute Gasteiger partial charge is 0.198 e. The van der Waals surface area contributed by atoms with Crippen LogP contribution in [0, 0.1) is 34.5 Å². The van der Waals surface area contributed by atoms with Crippen molar-refractivity contribution in [2.24, 2.45) is 23.2 Å². The van der Waals surface area contributed by atoms with Gasteiger partial charge in [0.15, 0.2) is 0 Å². The number of hydrogen-bond donors (Lipinski definition) is 0. The smallest absolute Gasteiger partial charge is 0.125 e. The van der Waals surface area contributed by atoms with Gasteiger partial charge in [0.25, 0.3) is 0 Å². The lowest BCUT2D eigenvalue weighted by molar-refractivity contribution is 0.187. The maximum atomic E-state index is 8.86. The Morgan fingerprint density at radius 1 is 1.42 bits per heavy atom. The molecule has 0 aliphatic heterocycles. The SMILES string of the molecule is N#C[C@@H]1[C@@H]2C[C@H]1[C@]1(C2)CC1(Cl)Cl. The summed E-state index contributed by atoms with van der Waals surface area (Å²) in [4.78, 5) is 0. The van der Waals surface area contributed by atoms with Crippen LogP contribution in [0.1, 0.15) is 19.3 Å². The minimum Gasteiger partial charge on any atom is -0.198 e. The quantitative estimate of drug-likeness (QED) is 0.554. The first-order valence-corrected chi connectivity index (χ1v) is 5.14. The number of hydrogen-bond acceptors (Lipinski definition) is 1. The maximum Gasteiger partial charge on any atom is 0.125 e. The molecule has 12 heavy (non-hydrogen) atoms. The number of rotatable bonds is 0. The van der Waals surface area contributed by atoms with Gasteiger partial charge in [-0.3, -0.25) is 0 Å². The highest BCUT2D eigenvalue weighted by molar-refractivity contribution is 6.51. The second-order valence-corrected chi connectivity index (χ2v) is 5.98. The van der Waals surface area contributed by atoms with Gasteiger partial charge in [-0.1, -0.05) is 0 Å². The fourth-order valence-corrected chi connectivity index (χ4v) is 4.23. The van der Waals surface area contributed by atoms with E-state index in [2.05, 4.69) is 6.07 Å². The predicted molar refractivity (Wildman–Crippen MR) is 46.8 cm³/mol. The summed E-state index contributed by atoms with van der Waals surface area (Å²) in [5, 5.41) is 8.86. The van der Waals surface area contributed by atoms with Crippen molar-refractivity contribution in [3.8, 4) is 6.07 Å². The first kappa shape index (κ1) is 7.47. The van der Waals surface area contributed by atoms with Gasteiger partial charge in [-0.2, -0.15) is 5.26 Å². The Bertz CT molecular complexity index is 293. The third kappa shape index (κ3) is 0.572. The molecule has 0 heterocycles. The van der Waals surface area contributed by atoms with Crippen LogP contribution in [-0.2, 0) is 0 Å². The van der Waals surface area contributed by atoms with E-state index in [1.54, 1.807) is 0 Å². The molecule has 1 nitrogen and oxygen atoms in total. The number of nitriles is 1. The van der Waals surface area contributed by atoms with E-state index in [-0.39, 0.29) is 11.3 Å². The van der Waals surface area contributed by atoms with Crippen molar-refractivity contribution in [2.45, 2.75) is 23.6 Å². The molecule has 0 N–H and O–H groups in total. The van der Waals surface area contributed by atoms with Gasteiger partial charge in [-0.05, 0) is 31.1 Å². The number of halogens is 2. The van der Waals surface area contributed by atoms with Crippen LogP contribution in [0.5, 0.6) is 0 Å². The van der Waals surface area contributed by atoms with Crippen LogP contribution in [0.2, 0.25) is 0 Å². The van der Waals surface area contributed by atoms with Crippen molar-refractivity contribution in [2.75, 3.05) is 0 Å². The van der Waals surface area contributed by atoms with Gasteiger partial charge in [0, 0.05) is 5.41 Å². The molecule has 0 amide bonds. The molecule has 4 saturated carbocycles. The van der Waals surface area contributed by atoms with Gasteiger partial charge in [-0.15, -0.1) is 23.2 Å². The highest BCUT2D eigenvalue weighted by Crippen LogP contribution is 2.81. The fourth-order valence-electron chi connectivity index (χ4n) is 3.32. The van der Waals surface area contributed by atoms with Crippen LogP contribution in [-0.4, -0.2) is 4.33 Å². The van der Waals surface area contributed by atoms with E-state index >= 15 is 0 Å². The Labute approximate surface area is 81.6 Å². The molecule has 0 aromatic carbocycles. The second kappa shape index (κ2) is 1.79. The van der Waals surface area contributed by atoms with Crippen molar-refractivity contribution < 1.29 is 0 Å². The lowest BCUT2D eigenvalue weighted by atomic mass is 9.71. The molecule has 4 atom stereocenters. The summed E-state index contributed by atoms with van der Waals surface area (Å²) in [6.45, 7) is 0. The van der Waals surface area contributed by atoms with E-state index < -0.39 is 4.33 Å². The highest BCUT2D eigenvalue weighted by Gasteiger charge is 2.78. The molecule has 0 aromatic heterocycles. The minimum absolute atomic E-state index is 0.154. The van der Waals surface area contributed by atoms with Gasteiger partial charge in [0.1, 0.15) is 4.33 Å². The molecule has 3 heteroatoms. The summed E-state index contributed by atoms with van der Waals surface area (Å²) >= 11 is 12.2. The van der Waals surface area contributed by atoms with Crippen molar-refractivity contribution >= 4 is 23.2 Å². The van der Waals surface area contributed by atoms with E-state index in [9.17, 15) is 0 Å². The summed E-state index contributed by atoms with van der Waals surface area (Å²) < 4.78 is -0.488. The average Bonchev–Trinajstić information content (AvgIpc) is 2.31. The molecule has 4 rings (SSSR count). The van der Waals surface area contributed by atoms with E-state index in [0.717, 1.165) is 12.8 Å². The van der Waals surface area contributed by atoms with Crippen LogP contribution >= 0.6 is 23.2 Å². The summed E-state index contributed by atoms with van der Waals surface area (Å²) in [5.41, 5.74) is 0.154. The maximum absolute atomic E-state index is 8.86. The lowest BCUT2D eigenvalue weighted by Crippen LogP contribution is -2.29. The first-order valence-electron chi connectivity index (χ1n) is 4.38. The molecular weight excluding hydrogens is 193 g/mol. The molecule has 64 valence electrons. The third-order valence-electron chi connectivity index (χ3n) is 4.12. The van der Waals surface area contributed by atoms with Crippen LogP contribution in [0.3, 0.4) is 0 Å². The monoisotopic (exact) mass is 201 g/mol. The third-order valence-corrected chi connectivity index (χ3v) is 5.14. The summed E-state index contributed by atoms with van der Waals surface area (Å²) in [5.74, 6) is 1.39. The lowest BCUT2D eigenvalue weighted by Gasteiger charge is -2.31. The summed E-state index contributed by atoms with van der Waals surface area (Å²) in [6.07, 6.45) is 3.21. The van der Waals surface area contributed by atoms with Gasteiger partial charge < -0.3 is 0 Å². The summed E-state index contributed by atoms with van der Waals surface area (Å²) in [6, 6.07) is 2.38. The zero-order chi connectivity index (χ0) is 8.56. The number of alkyl halides is 2. The first-order chi connectivity index (χ1) is 5.61. The molecule has 4 fully saturated rings. The Morgan fingerprint density at radius 3 is 2.42 bits per heavy atom. The molecule has 4 aliphatic rings. The van der Waals surface area contributed by atoms with Gasteiger partial charge in [0.05, 0.1) is 12.0 Å². The van der Waals surface area contributed by atoms with E-state index in [0.29, 0.717) is 11.8 Å². The van der Waals surface area contributed by atoms with Crippen molar-refractivity contribution in [3.05, 3.63) is 0 Å². The van der Waals surface area contributed by atoms with Crippen LogP contribution in [0.15, 0.2) is 0 Å². The molecule has 0 radical (unpaired) electrons. The second-order valence-electron chi connectivity index (χ2n) is 4.50. The standard InChI is InChI=1S/C9H9Cl2N/c10-9(11)4-8(9)2-5-1-7(8)6(5)3-12/h5-7H,1-2,4H2/t5-,6-,7-,8+/m1/s1. The molecule has 1 spiro atoms. The van der Waals surface area contributed by atoms with Crippen LogP contribution in [0.4, 0.5) is 0 Å². The van der Waals surface area contributed by atoms with E-state index in [1.165, 1.54) is 6.42 Å². The van der Waals surface area contributed by atoms with E-state index in [1.807, 2.05) is 0 Å². The fraction of sp³-hybridized carbons (Fsp3) is 0.889. The molecular formula is C9H9Cl2N. The zero-order valence-corrected chi connectivity index (χ0v) is 8.07. The van der Waals surface area contributed by atoms with Gasteiger partial charge in [0.2, 0.25) is 0 Å². The van der Waals surface area contributed by atoms with Gasteiger partial charge >= 0.3 is 0 Å². The Balaban J connectivity index is 1.93. The molecule has 4 aliphatic carbocycles. The topological polar surface area (TPSA) is 23.8 Å². The Morgan fingerprint density at radius 2 is 2.08 bits per heavy atom. The normalized spacial score (nSPS) is 57.9. The van der Waals surface area contributed by atoms with Gasteiger partial charge in [-0.25, -0.2) is 0 Å². The van der Waals surface area contributed by atoms with E-state index in [4.69, 9.17) is 28.5 Å². The van der Waals surface area contributed by atoms with Crippen LogP contribution < -0.4 is 0 Å². The van der Waals surface area contributed by atoms with Crippen molar-refractivity contribution in [1.29, 1.82) is 5.26 Å². The average molecular weight is 202 g/mol. The zero-order valence-electron chi connectivity index (χ0n) is 6.56. The molecule has 2 bridgehead atoms. The summed E-state index contributed by atoms with van der Waals surface area (Å²) in [7, 11) is 0. The highest BCUT2D eigenvalue weighted by atomic mass is 35.5. The number of nitrogens with zero attached hydrogens (tertiary/aromatic N) is 1. The molecule has 0 saturated heterocycles.